The van der Waals surface area contributed by atoms with Gasteiger partial charge in [0.1, 0.15) is 11.9 Å². The molecule has 0 bridgehead atoms. The molecule has 0 radical (unpaired) electrons. The summed E-state index contributed by atoms with van der Waals surface area (Å²) in [4.78, 5) is 27.4. The molecule has 1 aromatic carbocycles. The summed E-state index contributed by atoms with van der Waals surface area (Å²) in [6.45, 7) is 7.78. The van der Waals surface area contributed by atoms with Crippen molar-refractivity contribution < 1.29 is 27.1 Å². The van der Waals surface area contributed by atoms with Gasteiger partial charge in [0.15, 0.2) is 0 Å². The largest absolute Gasteiger partial charge is 0.376 e. The molecular weight excluding hydrogens is 437 g/mol. The third-order valence-corrected chi connectivity index (χ3v) is 6.44. The summed E-state index contributed by atoms with van der Waals surface area (Å²) in [7, 11) is -4.02. The molecule has 2 N–H and O–H groups in total. The quantitative estimate of drug-likeness (QED) is 0.544. The van der Waals surface area contributed by atoms with E-state index in [1.807, 2.05) is 27.7 Å². The van der Waals surface area contributed by atoms with Crippen molar-refractivity contribution in [3.63, 3.8) is 0 Å². The third kappa shape index (κ3) is 7.83. The van der Waals surface area contributed by atoms with Crippen molar-refractivity contribution in [2.45, 2.75) is 76.0 Å². The van der Waals surface area contributed by atoms with Crippen molar-refractivity contribution in [3.05, 3.63) is 30.1 Å². The summed E-state index contributed by atoms with van der Waals surface area (Å²) in [6.07, 6.45) is 2.54. The van der Waals surface area contributed by atoms with E-state index >= 15 is 0 Å². The number of carbonyl (C=O) groups excluding carboxylic acids is 2. The van der Waals surface area contributed by atoms with E-state index in [-0.39, 0.29) is 23.5 Å². The van der Waals surface area contributed by atoms with Crippen molar-refractivity contribution in [1.82, 2.24) is 14.9 Å². The number of benzene rings is 1. The second-order valence-corrected chi connectivity index (χ2v) is 10.8. The Morgan fingerprint density at radius 1 is 1.25 bits per heavy atom. The molecule has 1 aliphatic heterocycles. The molecule has 180 valence electrons. The summed E-state index contributed by atoms with van der Waals surface area (Å²) >= 11 is 0. The molecule has 1 saturated heterocycles. The average molecular weight is 472 g/mol. The number of amides is 2. The number of ether oxygens (including phenoxy) is 1. The maximum absolute atomic E-state index is 13.2. The lowest BCUT2D eigenvalue weighted by Crippen LogP contribution is -2.56. The lowest BCUT2D eigenvalue weighted by molar-refractivity contribution is -0.142. The first kappa shape index (κ1) is 26.2. The van der Waals surface area contributed by atoms with E-state index in [0.29, 0.717) is 19.4 Å². The molecule has 0 aromatic heterocycles. The van der Waals surface area contributed by atoms with Crippen LogP contribution in [0.5, 0.6) is 0 Å². The van der Waals surface area contributed by atoms with Crippen LogP contribution in [0.2, 0.25) is 0 Å². The van der Waals surface area contributed by atoms with Gasteiger partial charge in [-0.05, 0) is 64.3 Å². The van der Waals surface area contributed by atoms with E-state index in [4.69, 9.17) is 4.74 Å². The van der Waals surface area contributed by atoms with Gasteiger partial charge in [0.05, 0.1) is 17.5 Å². The minimum atomic E-state index is -4.02. The van der Waals surface area contributed by atoms with E-state index in [9.17, 15) is 22.4 Å². The highest BCUT2D eigenvalue weighted by molar-refractivity contribution is 7.89. The van der Waals surface area contributed by atoms with Gasteiger partial charge in [0.2, 0.25) is 21.8 Å². The maximum Gasteiger partial charge on any atom is 0.243 e. The standard InChI is InChI=1S/C22H34FN3O5S/c1-5-7-19(21(28)25-22(2,3)4)26(15-17-8-6-13-31-17)20(27)14-24-32(29,30)18-11-9-16(23)10-12-18/h9-12,17,19,24H,5-8,13-15H2,1-4H3,(H,25,28)/t17-,19-/m0/s1. The Labute approximate surface area is 189 Å². The average Bonchev–Trinajstić information content (AvgIpc) is 3.21. The fourth-order valence-corrected chi connectivity index (χ4v) is 4.50. The topological polar surface area (TPSA) is 105 Å². The Morgan fingerprint density at radius 3 is 2.44 bits per heavy atom. The summed E-state index contributed by atoms with van der Waals surface area (Å²) in [5.41, 5.74) is -0.480. The monoisotopic (exact) mass is 471 g/mol. The van der Waals surface area contributed by atoms with Gasteiger partial charge < -0.3 is 15.0 Å². The SMILES string of the molecule is CCC[C@@H](C(=O)NC(C)(C)C)N(C[C@@H]1CCCO1)C(=O)CNS(=O)(=O)c1ccc(F)cc1. The van der Waals surface area contributed by atoms with Crippen LogP contribution in [-0.4, -0.2) is 62.5 Å². The predicted molar refractivity (Wildman–Crippen MR) is 119 cm³/mol. The molecule has 2 rings (SSSR count). The van der Waals surface area contributed by atoms with Gasteiger partial charge in [-0.15, -0.1) is 0 Å². The van der Waals surface area contributed by atoms with E-state index in [0.717, 1.165) is 37.1 Å². The summed E-state index contributed by atoms with van der Waals surface area (Å²) < 4.78 is 46.1. The molecule has 0 saturated carbocycles. The van der Waals surface area contributed by atoms with Crippen molar-refractivity contribution >= 4 is 21.8 Å². The molecule has 2 amide bonds. The number of carbonyl (C=O) groups is 2. The molecule has 32 heavy (non-hydrogen) atoms. The Hall–Kier alpha value is -2.04. The molecule has 0 aliphatic carbocycles. The zero-order chi connectivity index (χ0) is 23.9. The molecule has 0 spiro atoms. The first-order valence-electron chi connectivity index (χ1n) is 10.9. The Kier molecular flexibility index (Phi) is 9.18. The van der Waals surface area contributed by atoms with Crippen molar-refractivity contribution in [2.75, 3.05) is 19.7 Å². The fraction of sp³-hybridized carbons (Fsp3) is 0.636. The summed E-state index contributed by atoms with van der Waals surface area (Å²) in [6, 6.07) is 3.58. The second-order valence-electron chi connectivity index (χ2n) is 9.00. The van der Waals surface area contributed by atoms with Gasteiger partial charge in [-0.2, -0.15) is 0 Å². The smallest absolute Gasteiger partial charge is 0.243 e. The van der Waals surface area contributed by atoms with Crippen molar-refractivity contribution in [2.24, 2.45) is 0 Å². The first-order chi connectivity index (χ1) is 14.9. The summed E-state index contributed by atoms with van der Waals surface area (Å²) in [5.74, 6) is -1.36. The zero-order valence-electron chi connectivity index (χ0n) is 19.2. The second kappa shape index (κ2) is 11.2. The number of hydrogen-bond donors (Lipinski definition) is 2. The van der Waals surface area contributed by atoms with Crippen LogP contribution >= 0.6 is 0 Å². The van der Waals surface area contributed by atoms with Crippen LogP contribution < -0.4 is 10.0 Å². The third-order valence-electron chi connectivity index (χ3n) is 5.02. The molecule has 0 unspecified atom stereocenters. The highest BCUT2D eigenvalue weighted by atomic mass is 32.2. The first-order valence-corrected chi connectivity index (χ1v) is 12.4. The van der Waals surface area contributed by atoms with E-state index < -0.39 is 39.9 Å². The molecule has 1 aliphatic rings. The Bertz CT molecular complexity index is 878. The van der Waals surface area contributed by atoms with Gasteiger partial charge in [-0.1, -0.05) is 13.3 Å². The van der Waals surface area contributed by atoms with Crippen LogP contribution in [0.15, 0.2) is 29.2 Å². The van der Waals surface area contributed by atoms with E-state index in [1.165, 1.54) is 4.90 Å². The minimum absolute atomic E-state index is 0.145. The highest BCUT2D eigenvalue weighted by Gasteiger charge is 2.34. The number of sulfonamides is 1. The van der Waals surface area contributed by atoms with Crippen LogP contribution in [0, 0.1) is 5.82 Å². The van der Waals surface area contributed by atoms with Crippen LogP contribution in [0.4, 0.5) is 4.39 Å². The lowest BCUT2D eigenvalue weighted by Gasteiger charge is -2.34. The van der Waals surface area contributed by atoms with Crippen molar-refractivity contribution in [1.29, 1.82) is 0 Å². The van der Waals surface area contributed by atoms with Crippen LogP contribution in [0.1, 0.15) is 53.4 Å². The number of halogens is 1. The maximum atomic E-state index is 13.2. The molecule has 1 aromatic rings. The van der Waals surface area contributed by atoms with Gasteiger partial charge in [-0.25, -0.2) is 17.5 Å². The molecule has 2 atom stereocenters. The predicted octanol–water partition coefficient (Wildman–Crippen LogP) is 2.20. The van der Waals surface area contributed by atoms with Crippen molar-refractivity contribution in [3.8, 4) is 0 Å². The van der Waals surface area contributed by atoms with Gasteiger partial charge in [0.25, 0.3) is 0 Å². The molecule has 1 heterocycles. The van der Waals surface area contributed by atoms with Gasteiger partial charge in [-0.3, -0.25) is 9.59 Å². The van der Waals surface area contributed by atoms with E-state index in [2.05, 4.69) is 10.0 Å². The molecule has 8 nitrogen and oxygen atoms in total. The van der Waals surface area contributed by atoms with E-state index in [1.54, 1.807) is 0 Å². The fourth-order valence-electron chi connectivity index (χ4n) is 3.52. The molecular formula is C22H34FN3O5S. The minimum Gasteiger partial charge on any atom is -0.376 e. The number of hydrogen-bond acceptors (Lipinski definition) is 5. The number of rotatable bonds is 10. The molecule has 1 fully saturated rings. The van der Waals surface area contributed by atoms with Crippen LogP contribution in [0.25, 0.3) is 0 Å². The number of nitrogens with one attached hydrogen (secondary N) is 2. The van der Waals surface area contributed by atoms with Gasteiger partial charge >= 0.3 is 0 Å². The lowest BCUT2D eigenvalue weighted by atomic mass is 10.0. The number of nitrogens with zero attached hydrogens (tertiary/aromatic N) is 1. The van der Waals surface area contributed by atoms with Gasteiger partial charge in [0, 0.05) is 18.7 Å². The highest BCUT2D eigenvalue weighted by Crippen LogP contribution is 2.18. The Balaban J connectivity index is 2.20. The van der Waals surface area contributed by atoms with Crippen LogP contribution in [-0.2, 0) is 24.3 Å². The zero-order valence-corrected chi connectivity index (χ0v) is 20.0. The van der Waals surface area contributed by atoms with Crippen LogP contribution in [0.3, 0.4) is 0 Å². The summed E-state index contributed by atoms with van der Waals surface area (Å²) in [5, 5.41) is 2.92. The normalized spacial score (nSPS) is 17.7. The molecule has 10 heteroatoms. The Morgan fingerprint density at radius 2 is 1.91 bits per heavy atom.